The van der Waals surface area contributed by atoms with Crippen LogP contribution in [-0.4, -0.2) is 9.91 Å². The summed E-state index contributed by atoms with van der Waals surface area (Å²) in [7, 11) is 0. The zero-order valence-electron chi connectivity index (χ0n) is 10.9. The fourth-order valence-corrected chi connectivity index (χ4v) is 2.37. The maximum absolute atomic E-state index is 11.1. The van der Waals surface area contributed by atoms with Crippen LogP contribution in [0, 0.1) is 17.0 Å². The highest BCUT2D eigenvalue weighted by molar-refractivity contribution is 5.98. The van der Waals surface area contributed by atoms with E-state index in [-0.39, 0.29) is 10.6 Å². The molecular weight excluding hydrogens is 252 g/mol. The lowest BCUT2D eigenvalue weighted by atomic mass is 10.00. The zero-order chi connectivity index (χ0) is 14.1. The summed E-state index contributed by atoms with van der Waals surface area (Å²) < 4.78 is 0. The molecule has 3 rings (SSSR count). The van der Waals surface area contributed by atoms with Crippen LogP contribution >= 0.6 is 0 Å². The molecule has 0 fully saturated rings. The lowest BCUT2D eigenvalue weighted by molar-refractivity contribution is -0.383. The monoisotopic (exact) mass is 264 g/mol. The van der Waals surface area contributed by atoms with Crippen molar-refractivity contribution in [1.29, 1.82) is 0 Å². The summed E-state index contributed by atoms with van der Waals surface area (Å²) in [6.07, 6.45) is 0. The molecule has 0 N–H and O–H groups in total. The standard InChI is InChI=1S/C16H12N2O2/c1-11-10-14(12-6-3-2-4-7-12)13-8-5-9-15(18(19)20)16(13)17-11/h2-10H,1H3. The highest BCUT2D eigenvalue weighted by Crippen LogP contribution is 2.32. The Labute approximate surface area is 115 Å². The van der Waals surface area contributed by atoms with Gasteiger partial charge >= 0.3 is 0 Å². The minimum absolute atomic E-state index is 0.0448. The number of pyridine rings is 1. The SMILES string of the molecule is Cc1cc(-c2ccccc2)c2cccc([N+](=O)[O-])c2n1. The average molecular weight is 264 g/mol. The summed E-state index contributed by atoms with van der Waals surface area (Å²) >= 11 is 0. The molecule has 0 unspecified atom stereocenters. The number of nitrogens with zero attached hydrogens (tertiary/aromatic N) is 2. The number of nitro groups is 1. The Morgan fingerprint density at radius 1 is 1.05 bits per heavy atom. The second-order valence-corrected chi connectivity index (χ2v) is 4.61. The highest BCUT2D eigenvalue weighted by atomic mass is 16.6. The molecule has 4 nitrogen and oxygen atoms in total. The lowest BCUT2D eigenvalue weighted by Gasteiger charge is -2.08. The molecule has 98 valence electrons. The number of rotatable bonds is 2. The molecule has 4 heteroatoms. The topological polar surface area (TPSA) is 56.0 Å². The summed E-state index contributed by atoms with van der Waals surface area (Å²) in [5, 5.41) is 11.9. The summed E-state index contributed by atoms with van der Waals surface area (Å²) in [6, 6.07) is 16.9. The smallest absolute Gasteiger partial charge is 0.258 e. The van der Waals surface area contributed by atoms with E-state index in [1.807, 2.05) is 49.4 Å². The number of nitro benzene ring substituents is 1. The lowest BCUT2D eigenvalue weighted by Crippen LogP contribution is -1.94. The molecule has 1 heterocycles. The van der Waals surface area contributed by atoms with Gasteiger partial charge < -0.3 is 0 Å². The van der Waals surface area contributed by atoms with E-state index < -0.39 is 0 Å². The van der Waals surface area contributed by atoms with Crippen LogP contribution in [0.25, 0.3) is 22.0 Å². The molecule has 0 bridgehead atoms. The van der Waals surface area contributed by atoms with Crippen LogP contribution < -0.4 is 0 Å². The van der Waals surface area contributed by atoms with Gasteiger partial charge in [-0.05, 0) is 24.1 Å². The van der Waals surface area contributed by atoms with Crippen LogP contribution in [0.15, 0.2) is 54.6 Å². The molecule has 0 aliphatic heterocycles. The van der Waals surface area contributed by atoms with E-state index >= 15 is 0 Å². The third-order valence-corrected chi connectivity index (χ3v) is 3.23. The maximum Gasteiger partial charge on any atom is 0.295 e. The average Bonchev–Trinajstić information content (AvgIpc) is 2.46. The first-order valence-corrected chi connectivity index (χ1v) is 6.27. The van der Waals surface area contributed by atoms with Crippen molar-refractivity contribution in [2.75, 3.05) is 0 Å². The number of aryl methyl sites for hydroxylation is 1. The van der Waals surface area contributed by atoms with Crippen molar-refractivity contribution >= 4 is 16.6 Å². The van der Waals surface area contributed by atoms with Gasteiger partial charge in [-0.25, -0.2) is 4.98 Å². The highest BCUT2D eigenvalue weighted by Gasteiger charge is 2.16. The Morgan fingerprint density at radius 3 is 2.50 bits per heavy atom. The number of hydrogen-bond acceptors (Lipinski definition) is 3. The van der Waals surface area contributed by atoms with Gasteiger partial charge in [-0.15, -0.1) is 0 Å². The van der Waals surface area contributed by atoms with Gasteiger partial charge in [0.1, 0.15) is 5.52 Å². The Kier molecular flexibility index (Phi) is 2.91. The van der Waals surface area contributed by atoms with E-state index in [4.69, 9.17) is 0 Å². The van der Waals surface area contributed by atoms with Gasteiger partial charge in [-0.2, -0.15) is 0 Å². The van der Waals surface area contributed by atoms with Gasteiger partial charge in [0, 0.05) is 17.1 Å². The van der Waals surface area contributed by atoms with Crippen molar-refractivity contribution in [3.63, 3.8) is 0 Å². The minimum atomic E-state index is -0.385. The van der Waals surface area contributed by atoms with Crippen molar-refractivity contribution in [1.82, 2.24) is 4.98 Å². The third-order valence-electron chi connectivity index (χ3n) is 3.23. The van der Waals surface area contributed by atoms with Crippen molar-refractivity contribution in [2.45, 2.75) is 6.92 Å². The fourth-order valence-electron chi connectivity index (χ4n) is 2.37. The number of aromatic nitrogens is 1. The van der Waals surface area contributed by atoms with Gasteiger partial charge in [0.05, 0.1) is 4.92 Å². The van der Waals surface area contributed by atoms with Crippen molar-refractivity contribution in [3.05, 3.63) is 70.4 Å². The van der Waals surface area contributed by atoms with Gasteiger partial charge in [0.15, 0.2) is 0 Å². The molecular formula is C16H12N2O2. The number of para-hydroxylation sites is 1. The van der Waals surface area contributed by atoms with E-state index in [0.29, 0.717) is 5.52 Å². The minimum Gasteiger partial charge on any atom is -0.258 e. The maximum atomic E-state index is 11.1. The van der Waals surface area contributed by atoms with Crippen LogP contribution in [-0.2, 0) is 0 Å². The van der Waals surface area contributed by atoms with Crippen LogP contribution in [0.2, 0.25) is 0 Å². The van der Waals surface area contributed by atoms with Crippen LogP contribution in [0.5, 0.6) is 0 Å². The fraction of sp³-hybridized carbons (Fsp3) is 0.0625. The second kappa shape index (κ2) is 4.74. The quantitative estimate of drug-likeness (QED) is 0.516. The van der Waals surface area contributed by atoms with E-state index in [1.54, 1.807) is 6.07 Å². The molecule has 0 spiro atoms. The molecule has 20 heavy (non-hydrogen) atoms. The summed E-state index contributed by atoms with van der Waals surface area (Å²) in [5.41, 5.74) is 3.26. The van der Waals surface area contributed by atoms with E-state index in [2.05, 4.69) is 4.98 Å². The zero-order valence-corrected chi connectivity index (χ0v) is 10.9. The van der Waals surface area contributed by atoms with Crippen molar-refractivity contribution < 1.29 is 4.92 Å². The predicted molar refractivity (Wildman–Crippen MR) is 78.6 cm³/mol. The molecule has 0 aliphatic carbocycles. The van der Waals surface area contributed by atoms with Crippen molar-refractivity contribution in [3.8, 4) is 11.1 Å². The summed E-state index contributed by atoms with van der Waals surface area (Å²) in [6.45, 7) is 1.85. The first-order chi connectivity index (χ1) is 9.66. The molecule has 0 saturated heterocycles. The summed E-state index contributed by atoms with van der Waals surface area (Å²) in [4.78, 5) is 15.1. The molecule has 0 atom stereocenters. The second-order valence-electron chi connectivity index (χ2n) is 4.61. The Bertz CT molecular complexity index is 798. The van der Waals surface area contributed by atoms with Crippen molar-refractivity contribution in [2.24, 2.45) is 0 Å². The largest absolute Gasteiger partial charge is 0.295 e. The molecule has 0 saturated carbocycles. The predicted octanol–water partition coefficient (Wildman–Crippen LogP) is 4.12. The number of non-ortho nitro benzene ring substituents is 1. The molecule has 0 aliphatic rings. The van der Waals surface area contributed by atoms with Crippen LogP contribution in [0.1, 0.15) is 5.69 Å². The third kappa shape index (κ3) is 2.01. The van der Waals surface area contributed by atoms with Gasteiger partial charge in [-0.1, -0.05) is 42.5 Å². The number of hydrogen-bond donors (Lipinski definition) is 0. The Hall–Kier alpha value is -2.75. The Balaban J connectivity index is 2.39. The van der Waals surface area contributed by atoms with E-state index in [0.717, 1.165) is 22.2 Å². The molecule has 1 aromatic heterocycles. The first kappa shape index (κ1) is 12.3. The molecule has 0 amide bonds. The number of fused-ring (bicyclic) bond motifs is 1. The molecule has 2 aromatic carbocycles. The van der Waals surface area contributed by atoms with Crippen LogP contribution in [0.4, 0.5) is 5.69 Å². The van der Waals surface area contributed by atoms with Gasteiger partial charge in [-0.3, -0.25) is 10.1 Å². The summed E-state index contributed by atoms with van der Waals surface area (Å²) in [5.74, 6) is 0. The first-order valence-electron chi connectivity index (χ1n) is 6.27. The van der Waals surface area contributed by atoms with Gasteiger partial charge in [0.25, 0.3) is 5.69 Å². The molecule has 0 radical (unpaired) electrons. The molecule has 3 aromatic rings. The normalized spacial score (nSPS) is 10.7. The van der Waals surface area contributed by atoms with Crippen LogP contribution in [0.3, 0.4) is 0 Å². The Morgan fingerprint density at radius 2 is 1.80 bits per heavy atom. The van der Waals surface area contributed by atoms with E-state index in [9.17, 15) is 10.1 Å². The van der Waals surface area contributed by atoms with E-state index in [1.165, 1.54) is 6.07 Å². The number of benzene rings is 2. The van der Waals surface area contributed by atoms with Gasteiger partial charge in [0.2, 0.25) is 0 Å².